The van der Waals surface area contributed by atoms with Gasteiger partial charge in [0.25, 0.3) is 0 Å². The Labute approximate surface area is 183 Å². The van der Waals surface area contributed by atoms with Crippen LogP contribution in [0.4, 0.5) is 0 Å². The molecular weight excluding hydrogens is 415 g/mol. The highest BCUT2D eigenvalue weighted by Crippen LogP contribution is 2.53. The predicted molar refractivity (Wildman–Crippen MR) is 121 cm³/mol. The van der Waals surface area contributed by atoms with Gasteiger partial charge in [-0.2, -0.15) is 0 Å². The van der Waals surface area contributed by atoms with E-state index in [2.05, 4.69) is 12.1 Å². The summed E-state index contributed by atoms with van der Waals surface area (Å²) in [6, 6.07) is 25.2. The molecule has 0 spiro atoms. The van der Waals surface area contributed by atoms with Crippen molar-refractivity contribution in [2.24, 2.45) is 0 Å². The van der Waals surface area contributed by atoms with Crippen LogP contribution in [0.5, 0.6) is 5.75 Å². The van der Waals surface area contributed by atoms with Crippen molar-refractivity contribution in [2.75, 3.05) is 0 Å². The molecule has 4 heteroatoms. The lowest BCUT2D eigenvalue weighted by Crippen LogP contribution is -2.18. The van der Waals surface area contributed by atoms with Crippen LogP contribution in [0.2, 0.25) is 10.0 Å². The first-order valence-corrected chi connectivity index (χ1v) is 10.4. The van der Waals surface area contributed by atoms with Gasteiger partial charge < -0.3 is 4.74 Å². The monoisotopic (exact) mass is 428 g/mol. The standard InChI is InChI=1S/C26H14Cl2O2/c27-15-10-11-19(20(28)13-15)23-22-16-6-2-1-5-14(16)9-12-21(22)30-26-18-8-4-3-7-17(18)25(29)24(23)26/h1-13,23H. The maximum absolute atomic E-state index is 13.5. The van der Waals surface area contributed by atoms with Gasteiger partial charge in [0.2, 0.25) is 0 Å². The molecule has 0 fully saturated rings. The topological polar surface area (TPSA) is 26.3 Å². The number of carbonyl (C=O) groups excluding carboxylic acids is 1. The van der Waals surface area contributed by atoms with Gasteiger partial charge in [0.05, 0.1) is 5.57 Å². The van der Waals surface area contributed by atoms with Crippen molar-refractivity contribution in [2.45, 2.75) is 5.92 Å². The second-order valence-electron chi connectivity index (χ2n) is 7.52. The highest BCUT2D eigenvalue weighted by molar-refractivity contribution is 6.35. The highest BCUT2D eigenvalue weighted by Gasteiger charge is 2.42. The fraction of sp³-hybridized carbons (Fsp3) is 0.0385. The average molecular weight is 429 g/mol. The van der Waals surface area contributed by atoms with E-state index in [0.717, 1.165) is 33.2 Å². The summed E-state index contributed by atoms with van der Waals surface area (Å²) in [5, 5.41) is 3.22. The molecule has 0 aromatic heterocycles. The van der Waals surface area contributed by atoms with Crippen molar-refractivity contribution >= 4 is 45.5 Å². The molecule has 0 amide bonds. The summed E-state index contributed by atoms with van der Waals surface area (Å²) in [7, 11) is 0. The SMILES string of the molecule is O=C1C2=C(Oc3ccc4ccccc4c3C2c2ccc(Cl)cc2Cl)c2ccccc21. The number of Topliss-reactive ketones (excluding diaryl/α,β-unsaturated/α-hetero) is 1. The first-order valence-electron chi connectivity index (χ1n) is 9.66. The van der Waals surface area contributed by atoms with Gasteiger partial charge in [-0.25, -0.2) is 0 Å². The van der Waals surface area contributed by atoms with Crippen molar-refractivity contribution in [3.63, 3.8) is 0 Å². The van der Waals surface area contributed by atoms with E-state index in [-0.39, 0.29) is 11.7 Å². The zero-order valence-electron chi connectivity index (χ0n) is 15.7. The molecule has 0 saturated carbocycles. The molecule has 0 radical (unpaired) electrons. The van der Waals surface area contributed by atoms with Crippen molar-refractivity contribution in [3.05, 3.63) is 117 Å². The fourth-order valence-electron chi connectivity index (χ4n) is 4.61. The lowest BCUT2D eigenvalue weighted by molar-refractivity contribution is 0.103. The average Bonchev–Trinajstić information content (AvgIpc) is 3.05. The normalized spacial score (nSPS) is 16.9. The van der Waals surface area contributed by atoms with Gasteiger partial charge in [0, 0.05) is 32.7 Å². The van der Waals surface area contributed by atoms with Crippen molar-refractivity contribution < 1.29 is 9.53 Å². The van der Waals surface area contributed by atoms with Crippen LogP contribution in [0, 0.1) is 0 Å². The van der Waals surface area contributed by atoms with E-state index in [0.29, 0.717) is 26.9 Å². The molecule has 1 aliphatic carbocycles. The third kappa shape index (κ3) is 2.41. The van der Waals surface area contributed by atoms with E-state index in [1.807, 2.05) is 60.7 Å². The molecule has 30 heavy (non-hydrogen) atoms. The third-order valence-electron chi connectivity index (χ3n) is 5.90. The molecule has 2 aliphatic rings. The van der Waals surface area contributed by atoms with Crippen molar-refractivity contribution in [1.29, 1.82) is 0 Å². The Kier molecular flexibility index (Phi) is 3.83. The van der Waals surface area contributed by atoms with Gasteiger partial charge in [0.15, 0.2) is 5.78 Å². The Morgan fingerprint density at radius 2 is 1.57 bits per heavy atom. The molecule has 0 bridgehead atoms. The van der Waals surface area contributed by atoms with Gasteiger partial charge in [0.1, 0.15) is 11.5 Å². The molecule has 1 aliphatic heterocycles. The van der Waals surface area contributed by atoms with Crippen LogP contribution in [0.15, 0.2) is 84.4 Å². The smallest absolute Gasteiger partial charge is 0.194 e. The number of ketones is 1. The van der Waals surface area contributed by atoms with Crippen LogP contribution in [-0.4, -0.2) is 5.78 Å². The molecule has 4 aromatic rings. The zero-order valence-corrected chi connectivity index (χ0v) is 17.2. The van der Waals surface area contributed by atoms with Crippen molar-refractivity contribution in [1.82, 2.24) is 0 Å². The molecule has 4 aromatic carbocycles. The van der Waals surface area contributed by atoms with E-state index >= 15 is 0 Å². The molecule has 1 atom stereocenters. The van der Waals surface area contributed by atoms with Crippen LogP contribution >= 0.6 is 23.2 Å². The molecular formula is C26H14Cl2O2. The summed E-state index contributed by atoms with van der Waals surface area (Å²) >= 11 is 12.8. The van der Waals surface area contributed by atoms with Crippen LogP contribution in [0.25, 0.3) is 16.5 Å². The third-order valence-corrected chi connectivity index (χ3v) is 6.46. The Morgan fingerprint density at radius 1 is 0.800 bits per heavy atom. The van der Waals surface area contributed by atoms with Gasteiger partial charge in [-0.05, 0) is 34.5 Å². The predicted octanol–water partition coefficient (Wildman–Crippen LogP) is 7.28. The molecule has 1 unspecified atom stereocenters. The second kappa shape index (κ2) is 6.46. The molecule has 144 valence electrons. The summed E-state index contributed by atoms with van der Waals surface area (Å²) in [5.74, 6) is 0.997. The summed E-state index contributed by atoms with van der Waals surface area (Å²) < 4.78 is 6.37. The first-order chi connectivity index (χ1) is 14.6. The minimum Gasteiger partial charge on any atom is -0.456 e. The number of ether oxygens (including phenoxy) is 1. The maximum atomic E-state index is 13.5. The quantitative estimate of drug-likeness (QED) is 0.318. The summed E-state index contributed by atoms with van der Waals surface area (Å²) in [4.78, 5) is 13.5. The number of fused-ring (bicyclic) bond motifs is 5. The minimum absolute atomic E-state index is 0.0183. The van der Waals surface area contributed by atoms with Crippen LogP contribution in [-0.2, 0) is 0 Å². The van der Waals surface area contributed by atoms with Gasteiger partial charge in [-0.15, -0.1) is 0 Å². The van der Waals surface area contributed by atoms with E-state index in [1.165, 1.54) is 0 Å². The number of allylic oxidation sites excluding steroid dienone is 1. The van der Waals surface area contributed by atoms with Crippen LogP contribution < -0.4 is 4.74 Å². The van der Waals surface area contributed by atoms with E-state index in [1.54, 1.807) is 6.07 Å². The Hall–Kier alpha value is -3.07. The Bertz CT molecular complexity index is 1420. The van der Waals surface area contributed by atoms with Gasteiger partial charge in [-0.1, -0.05) is 83.9 Å². The number of benzene rings is 4. The van der Waals surface area contributed by atoms with Gasteiger partial charge in [-0.3, -0.25) is 4.79 Å². The first kappa shape index (κ1) is 17.8. The summed E-state index contributed by atoms with van der Waals surface area (Å²) in [5.41, 5.74) is 3.92. The lowest BCUT2D eigenvalue weighted by Gasteiger charge is -2.29. The highest BCUT2D eigenvalue weighted by atomic mass is 35.5. The fourth-order valence-corrected chi connectivity index (χ4v) is 5.13. The number of carbonyl (C=O) groups is 1. The Morgan fingerprint density at radius 3 is 2.40 bits per heavy atom. The summed E-state index contributed by atoms with van der Waals surface area (Å²) in [6.07, 6.45) is 0. The molecule has 6 rings (SSSR count). The molecule has 0 saturated heterocycles. The van der Waals surface area contributed by atoms with Crippen LogP contribution in [0.1, 0.15) is 33.0 Å². The number of hydrogen-bond acceptors (Lipinski definition) is 2. The zero-order chi connectivity index (χ0) is 20.4. The van der Waals surface area contributed by atoms with E-state index in [9.17, 15) is 4.79 Å². The van der Waals surface area contributed by atoms with Gasteiger partial charge >= 0.3 is 0 Å². The largest absolute Gasteiger partial charge is 0.456 e. The number of hydrogen-bond donors (Lipinski definition) is 0. The minimum atomic E-state index is -0.348. The van der Waals surface area contributed by atoms with Crippen LogP contribution in [0.3, 0.4) is 0 Å². The molecule has 1 heterocycles. The lowest BCUT2D eigenvalue weighted by atomic mass is 9.79. The van der Waals surface area contributed by atoms with E-state index in [4.69, 9.17) is 27.9 Å². The van der Waals surface area contributed by atoms with Crippen molar-refractivity contribution in [3.8, 4) is 5.75 Å². The summed E-state index contributed by atoms with van der Waals surface area (Å²) in [6.45, 7) is 0. The molecule has 0 N–H and O–H groups in total. The molecule has 2 nitrogen and oxygen atoms in total. The Balaban J connectivity index is 1.71. The second-order valence-corrected chi connectivity index (χ2v) is 8.36. The van der Waals surface area contributed by atoms with E-state index < -0.39 is 0 Å². The number of halogens is 2. The number of rotatable bonds is 1. The maximum Gasteiger partial charge on any atom is 0.194 e.